The highest BCUT2D eigenvalue weighted by molar-refractivity contribution is 5.93. The Morgan fingerprint density at radius 1 is 0.894 bits per heavy atom. The number of phenols is 1. The number of piperazine rings is 1. The number of benzene rings is 4. The van der Waals surface area contributed by atoms with Crippen LogP contribution < -0.4 is 15.0 Å². The first kappa shape index (κ1) is 31.9. The van der Waals surface area contributed by atoms with Gasteiger partial charge >= 0.3 is 0 Å². The Morgan fingerprint density at radius 3 is 2.34 bits per heavy atom. The van der Waals surface area contributed by atoms with Crippen molar-refractivity contribution >= 4 is 34.2 Å². The van der Waals surface area contributed by atoms with Gasteiger partial charge in [0.05, 0.1) is 6.10 Å². The number of aryl methyl sites for hydroxylation is 1. The largest absolute Gasteiger partial charge is 0.508 e. The smallest absolute Gasteiger partial charge is 0.261 e. The van der Waals surface area contributed by atoms with Crippen molar-refractivity contribution in [2.24, 2.45) is 0 Å². The number of anilines is 1. The average molecular weight is 637 g/mol. The number of nitrogens with one attached hydrogen (secondary N) is 1. The molecule has 0 aliphatic carbocycles. The molecule has 4 aromatic carbocycles. The summed E-state index contributed by atoms with van der Waals surface area (Å²) in [4.78, 5) is 46.5. The Bertz CT molecular complexity index is 1740. The molecule has 2 aliphatic rings. The number of amides is 3. The summed E-state index contributed by atoms with van der Waals surface area (Å²) in [6, 6.07) is 26.4. The molecule has 4 aromatic rings. The molecule has 0 bridgehead atoms. The van der Waals surface area contributed by atoms with Crippen LogP contribution in [0.4, 0.5) is 5.69 Å². The second kappa shape index (κ2) is 14.1. The second-order valence-corrected chi connectivity index (χ2v) is 12.3. The summed E-state index contributed by atoms with van der Waals surface area (Å²) >= 11 is 0. The van der Waals surface area contributed by atoms with Crippen LogP contribution in [-0.4, -0.2) is 95.3 Å². The van der Waals surface area contributed by atoms with Crippen LogP contribution in [0, 0.1) is 6.92 Å². The maximum atomic E-state index is 14.1. The first-order valence-electron chi connectivity index (χ1n) is 16.0. The molecule has 3 N–H and O–H groups in total. The number of aliphatic hydroxyl groups excluding tert-OH is 1. The first-order chi connectivity index (χ1) is 22.7. The highest BCUT2D eigenvalue weighted by Gasteiger charge is 2.41. The number of carbonyl (C=O) groups excluding carboxylic acids is 3. The summed E-state index contributed by atoms with van der Waals surface area (Å²) < 4.78 is 5.58. The number of hydrogen-bond donors (Lipinski definition) is 3. The molecule has 3 amide bonds. The van der Waals surface area contributed by atoms with Crippen LogP contribution in [0.2, 0.25) is 0 Å². The van der Waals surface area contributed by atoms with Gasteiger partial charge in [0.1, 0.15) is 23.6 Å². The summed E-state index contributed by atoms with van der Waals surface area (Å²) in [6.45, 7) is 4.09. The first-order valence-corrected chi connectivity index (χ1v) is 16.0. The standard InChI is InChI=1S/C37H40N4O6/c1-25-6-2-5-9-33(25)39-16-18-40(19-17-39)37(46)32(21-26-10-11-27-7-3-4-8-28(27)20-26)38-36(45)34-22-30(43)23-41(34)35(44)24-47-31-14-12-29(42)13-15-31/h2-15,20,30,32,34,42-43H,16-19,21-24H2,1H3,(H,38,45)/t30-,32?,34?/m1/s1. The number of aliphatic hydroxyl groups is 1. The van der Waals surface area contributed by atoms with Gasteiger partial charge in [-0.15, -0.1) is 0 Å². The number of nitrogens with zero attached hydrogens (tertiary/aromatic N) is 3. The zero-order valence-electron chi connectivity index (χ0n) is 26.4. The maximum Gasteiger partial charge on any atom is 0.261 e. The summed E-state index contributed by atoms with van der Waals surface area (Å²) in [7, 11) is 0. The molecule has 0 saturated carbocycles. The quantitative estimate of drug-likeness (QED) is 0.258. The lowest BCUT2D eigenvalue weighted by Gasteiger charge is -2.38. The third-order valence-corrected chi connectivity index (χ3v) is 9.02. The number of phenolic OH excluding ortho intramolecular Hbond substituents is 1. The molecular weight excluding hydrogens is 596 g/mol. The van der Waals surface area contributed by atoms with Crippen LogP contribution in [0.15, 0.2) is 91.0 Å². The van der Waals surface area contributed by atoms with Gasteiger partial charge in [-0.2, -0.15) is 0 Å². The van der Waals surface area contributed by atoms with E-state index in [-0.39, 0.29) is 37.6 Å². The van der Waals surface area contributed by atoms with Crippen molar-refractivity contribution in [3.8, 4) is 11.5 Å². The fourth-order valence-electron chi connectivity index (χ4n) is 6.48. The van der Waals surface area contributed by atoms with Crippen LogP contribution in [0.25, 0.3) is 10.8 Å². The lowest BCUT2D eigenvalue weighted by molar-refractivity contribution is -0.142. The molecule has 2 aliphatic heterocycles. The molecule has 0 radical (unpaired) electrons. The average Bonchev–Trinajstić information content (AvgIpc) is 3.49. The molecule has 6 rings (SSSR count). The molecule has 0 aromatic heterocycles. The van der Waals surface area contributed by atoms with Crippen molar-refractivity contribution < 1.29 is 29.3 Å². The Morgan fingerprint density at radius 2 is 1.60 bits per heavy atom. The summed E-state index contributed by atoms with van der Waals surface area (Å²) in [5.74, 6) is -0.663. The zero-order chi connectivity index (χ0) is 32.9. The fraction of sp³-hybridized carbons (Fsp3) is 0.324. The minimum absolute atomic E-state index is 0.0139. The normalized spacial score (nSPS) is 18.6. The predicted molar refractivity (Wildman–Crippen MR) is 179 cm³/mol. The number of aromatic hydroxyl groups is 1. The number of carbonyl (C=O) groups is 3. The van der Waals surface area contributed by atoms with Crippen LogP contribution >= 0.6 is 0 Å². The van der Waals surface area contributed by atoms with Gasteiger partial charge in [-0.25, -0.2) is 0 Å². The third-order valence-electron chi connectivity index (χ3n) is 9.02. The van der Waals surface area contributed by atoms with Gasteiger partial charge in [0, 0.05) is 51.3 Å². The van der Waals surface area contributed by atoms with Crippen LogP contribution in [0.3, 0.4) is 0 Å². The predicted octanol–water partition coefficient (Wildman–Crippen LogP) is 3.27. The lowest BCUT2D eigenvalue weighted by atomic mass is 10.00. The number of para-hydroxylation sites is 1. The molecule has 47 heavy (non-hydrogen) atoms. The molecule has 10 nitrogen and oxygen atoms in total. The molecule has 0 spiro atoms. The van der Waals surface area contributed by atoms with E-state index in [0.717, 1.165) is 22.0 Å². The number of hydrogen-bond acceptors (Lipinski definition) is 7. The molecule has 2 unspecified atom stereocenters. The summed E-state index contributed by atoms with van der Waals surface area (Å²) in [5.41, 5.74) is 3.24. The molecular formula is C37H40N4O6. The summed E-state index contributed by atoms with van der Waals surface area (Å²) in [6.07, 6.45) is -0.545. The number of fused-ring (bicyclic) bond motifs is 1. The molecule has 244 valence electrons. The Balaban J connectivity index is 1.17. The SMILES string of the molecule is Cc1ccccc1N1CCN(C(=O)C(Cc2ccc3ccccc3c2)NC(=O)C2C[C@@H](O)CN2C(=O)COc2ccc(O)cc2)CC1. The maximum absolute atomic E-state index is 14.1. The minimum atomic E-state index is -0.953. The van der Waals surface area contributed by atoms with Gasteiger partial charge in [-0.05, 0) is 59.2 Å². The fourth-order valence-corrected chi connectivity index (χ4v) is 6.48. The van der Waals surface area contributed by atoms with Crippen molar-refractivity contribution in [2.45, 2.75) is 38.0 Å². The second-order valence-electron chi connectivity index (χ2n) is 12.3. The highest BCUT2D eigenvalue weighted by Crippen LogP contribution is 2.24. The van der Waals surface area contributed by atoms with Crippen molar-refractivity contribution in [2.75, 3.05) is 44.2 Å². The molecule has 2 heterocycles. The van der Waals surface area contributed by atoms with E-state index in [1.165, 1.54) is 34.7 Å². The number of β-amino-alcohol motifs (C(OH)–C–C–N with tert-alkyl or cyclic N) is 1. The van der Waals surface area contributed by atoms with Crippen molar-refractivity contribution in [1.29, 1.82) is 0 Å². The van der Waals surface area contributed by atoms with Crippen LogP contribution in [-0.2, 0) is 20.8 Å². The Kier molecular flexibility index (Phi) is 9.58. The molecule has 2 saturated heterocycles. The number of likely N-dealkylation sites (tertiary alicyclic amines) is 1. The van der Waals surface area contributed by atoms with Gasteiger partial charge in [-0.3, -0.25) is 14.4 Å². The number of rotatable bonds is 9. The van der Waals surface area contributed by atoms with E-state index in [9.17, 15) is 24.6 Å². The van der Waals surface area contributed by atoms with Crippen LogP contribution in [0.1, 0.15) is 17.5 Å². The zero-order valence-corrected chi connectivity index (χ0v) is 26.4. The van der Waals surface area contributed by atoms with E-state index in [1.54, 1.807) is 4.90 Å². The lowest BCUT2D eigenvalue weighted by Crippen LogP contribution is -2.58. The summed E-state index contributed by atoms with van der Waals surface area (Å²) in [5, 5.41) is 25.1. The minimum Gasteiger partial charge on any atom is -0.508 e. The van der Waals surface area contributed by atoms with Gasteiger partial charge in [0.2, 0.25) is 11.8 Å². The van der Waals surface area contributed by atoms with E-state index >= 15 is 0 Å². The Labute approximate surface area is 274 Å². The number of ether oxygens (including phenoxy) is 1. The van der Waals surface area contributed by atoms with Crippen molar-refractivity contribution in [3.63, 3.8) is 0 Å². The van der Waals surface area contributed by atoms with E-state index in [0.29, 0.717) is 31.9 Å². The van der Waals surface area contributed by atoms with Crippen LogP contribution in [0.5, 0.6) is 11.5 Å². The van der Waals surface area contributed by atoms with E-state index in [1.807, 2.05) is 54.6 Å². The van der Waals surface area contributed by atoms with Crippen molar-refractivity contribution in [3.05, 3.63) is 102 Å². The monoisotopic (exact) mass is 636 g/mol. The van der Waals surface area contributed by atoms with Crippen molar-refractivity contribution in [1.82, 2.24) is 15.1 Å². The van der Waals surface area contributed by atoms with E-state index < -0.39 is 30.0 Å². The highest BCUT2D eigenvalue weighted by atomic mass is 16.5. The van der Waals surface area contributed by atoms with Gasteiger partial charge < -0.3 is 35.0 Å². The molecule has 2 fully saturated rings. The van der Waals surface area contributed by atoms with Gasteiger partial charge in [0.25, 0.3) is 5.91 Å². The molecule has 10 heteroatoms. The van der Waals surface area contributed by atoms with E-state index in [4.69, 9.17) is 4.74 Å². The topological polar surface area (TPSA) is 123 Å². The van der Waals surface area contributed by atoms with Gasteiger partial charge in [0.15, 0.2) is 6.61 Å². The van der Waals surface area contributed by atoms with Gasteiger partial charge in [-0.1, -0.05) is 60.7 Å². The molecule has 3 atom stereocenters. The third kappa shape index (κ3) is 7.49. The van der Waals surface area contributed by atoms with E-state index in [2.05, 4.69) is 29.3 Å². The Hall–Kier alpha value is -5.09.